The molecule has 0 spiro atoms. The van der Waals surface area contributed by atoms with E-state index >= 15 is 0 Å². The number of allylic oxidation sites excluding steroid dienone is 5. The van der Waals surface area contributed by atoms with Crippen molar-refractivity contribution in [3.8, 4) is 11.1 Å². The van der Waals surface area contributed by atoms with Gasteiger partial charge in [-0.3, -0.25) is 9.59 Å². The van der Waals surface area contributed by atoms with Crippen molar-refractivity contribution < 1.29 is 9.59 Å². The maximum absolute atomic E-state index is 14.7. The average molecular weight is 621 g/mol. The van der Waals surface area contributed by atoms with Crippen LogP contribution in [-0.2, 0) is 0 Å². The molecule has 47 heavy (non-hydrogen) atoms. The molecule has 0 aliphatic heterocycles. The molecule has 0 saturated carbocycles. The lowest BCUT2D eigenvalue weighted by molar-refractivity contribution is 0.105. The molecule has 6 rings (SSSR count). The predicted octanol–water partition coefficient (Wildman–Crippen LogP) is 12.3. The molecule has 2 nitrogen and oxygen atoms in total. The van der Waals surface area contributed by atoms with Gasteiger partial charge in [-0.25, -0.2) is 0 Å². The molecule has 2 heteroatoms. The first kappa shape index (κ1) is 32.6. The van der Waals surface area contributed by atoms with E-state index in [0.29, 0.717) is 5.92 Å². The number of benzene rings is 2. The topological polar surface area (TPSA) is 34.1 Å². The summed E-state index contributed by atoms with van der Waals surface area (Å²) in [5.41, 5.74) is 21.9. The van der Waals surface area contributed by atoms with Gasteiger partial charge < -0.3 is 0 Å². The van der Waals surface area contributed by atoms with Gasteiger partial charge in [-0.2, -0.15) is 0 Å². The summed E-state index contributed by atoms with van der Waals surface area (Å²) in [5, 5.41) is 0. The number of aryl methyl sites for hydroxylation is 2. The van der Waals surface area contributed by atoms with Crippen LogP contribution < -0.4 is 0 Å². The SMILES string of the molecule is CC1=CC(=Cc2c(C(C)C)cc3c(c2C)C(=O)C(c2cc(C)c4cc(C(C)C)ccc(C)c2-4)=C3C)c2c1cc(C(C)C)c(C=O)c2C. The van der Waals surface area contributed by atoms with E-state index < -0.39 is 0 Å². The highest BCUT2D eigenvalue weighted by atomic mass is 16.1. The van der Waals surface area contributed by atoms with E-state index in [2.05, 4.69) is 132 Å². The number of hydrogen-bond donors (Lipinski definition) is 0. The van der Waals surface area contributed by atoms with E-state index in [-0.39, 0.29) is 17.6 Å². The van der Waals surface area contributed by atoms with Crippen molar-refractivity contribution in [2.45, 2.75) is 101 Å². The molecule has 0 bridgehead atoms. The lowest BCUT2D eigenvalue weighted by atomic mass is 9.84. The fourth-order valence-corrected chi connectivity index (χ4v) is 8.09. The fraction of sp³-hybridized carbons (Fsp3) is 0.333. The van der Waals surface area contributed by atoms with E-state index in [1.54, 1.807) is 0 Å². The minimum absolute atomic E-state index is 0.117. The number of carbonyl (C=O) groups is 2. The van der Waals surface area contributed by atoms with Gasteiger partial charge in [0.2, 0.25) is 0 Å². The van der Waals surface area contributed by atoms with Crippen molar-refractivity contribution in [3.05, 3.63) is 120 Å². The molecule has 0 atom stereocenters. The van der Waals surface area contributed by atoms with E-state index in [0.717, 1.165) is 73.1 Å². The van der Waals surface area contributed by atoms with Gasteiger partial charge in [0.1, 0.15) is 0 Å². The number of hydrogen-bond acceptors (Lipinski definition) is 2. The highest BCUT2D eigenvalue weighted by Crippen LogP contribution is 2.49. The minimum atomic E-state index is 0.117. The van der Waals surface area contributed by atoms with Crippen LogP contribution in [-0.4, -0.2) is 12.1 Å². The zero-order valence-electron chi connectivity index (χ0n) is 30.2. The number of Topliss-reactive ketones (excluding diaryl/α,β-unsaturated/α-hetero) is 1. The third kappa shape index (κ3) is 5.00. The van der Waals surface area contributed by atoms with Crippen LogP contribution in [0.2, 0.25) is 0 Å². The van der Waals surface area contributed by atoms with Crippen LogP contribution >= 0.6 is 0 Å². The van der Waals surface area contributed by atoms with E-state index in [1.165, 1.54) is 44.5 Å². The highest BCUT2D eigenvalue weighted by Gasteiger charge is 2.35. The van der Waals surface area contributed by atoms with Crippen LogP contribution in [0.1, 0.15) is 161 Å². The first-order valence-electron chi connectivity index (χ1n) is 17.2. The largest absolute Gasteiger partial charge is 0.298 e. The van der Waals surface area contributed by atoms with Gasteiger partial charge in [0, 0.05) is 16.7 Å². The molecule has 0 fully saturated rings. The standard InChI is InChI=1S/C45H48O2/c1-22(2)31-14-13-25(7)41-35(17-31)27(9)16-39(41)44-29(11)38-20-33(23(3)4)37(28(10)43(38)45(44)47)18-32-15-26(8)36-19-34(24(5)6)40(21-46)30(12)42(32)36/h13-24H,1-12H3. The van der Waals surface area contributed by atoms with Gasteiger partial charge in [0.25, 0.3) is 0 Å². The summed E-state index contributed by atoms with van der Waals surface area (Å²) in [6.07, 6.45) is 5.54. The molecule has 0 heterocycles. The molecule has 0 aromatic heterocycles. The van der Waals surface area contributed by atoms with Crippen LogP contribution in [0, 0.1) is 27.7 Å². The highest BCUT2D eigenvalue weighted by molar-refractivity contribution is 6.41. The second-order valence-electron chi connectivity index (χ2n) is 14.9. The Morgan fingerprint density at radius 1 is 0.596 bits per heavy atom. The van der Waals surface area contributed by atoms with Gasteiger partial charge >= 0.3 is 0 Å². The van der Waals surface area contributed by atoms with Crippen molar-refractivity contribution in [1.29, 1.82) is 0 Å². The molecule has 4 aliphatic rings. The van der Waals surface area contributed by atoms with Gasteiger partial charge in [0.05, 0.1) is 0 Å². The molecule has 2 aromatic rings. The molecule has 0 amide bonds. The molecule has 0 N–H and O–H groups in total. The lowest BCUT2D eigenvalue weighted by Crippen LogP contribution is -2.06. The van der Waals surface area contributed by atoms with Gasteiger partial charge in [-0.15, -0.1) is 0 Å². The quantitative estimate of drug-likeness (QED) is 0.201. The summed E-state index contributed by atoms with van der Waals surface area (Å²) < 4.78 is 0. The van der Waals surface area contributed by atoms with Crippen LogP contribution in [0.25, 0.3) is 39.5 Å². The van der Waals surface area contributed by atoms with Crippen molar-refractivity contribution in [3.63, 3.8) is 0 Å². The Bertz CT molecular complexity index is 2090. The van der Waals surface area contributed by atoms with Crippen molar-refractivity contribution in [1.82, 2.24) is 0 Å². The molecule has 0 radical (unpaired) electrons. The van der Waals surface area contributed by atoms with Gasteiger partial charge in [-0.05, 0) is 172 Å². The number of carbonyl (C=O) groups excluding carboxylic acids is 2. The minimum Gasteiger partial charge on any atom is -0.298 e. The molecular weight excluding hydrogens is 572 g/mol. The molecular formula is C45H48O2. The first-order valence-corrected chi connectivity index (χ1v) is 17.2. The van der Waals surface area contributed by atoms with E-state index in [1.807, 2.05) is 0 Å². The summed E-state index contributed by atoms with van der Waals surface area (Å²) in [6, 6.07) is 13.5. The van der Waals surface area contributed by atoms with Gasteiger partial charge in [0.15, 0.2) is 12.1 Å². The Morgan fingerprint density at radius 2 is 1.21 bits per heavy atom. The molecule has 4 aliphatic carbocycles. The normalized spacial score (nSPS) is 15.2. The van der Waals surface area contributed by atoms with Crippen molar-refractivity contribution in [2.24, 2.45) is 0 Å². The van der Waals surface area contributed by atoms with Crippen LogP contribution in [0.5, 0.6) is 0 Å². The predicted molar refractivity (Wildman–Crippen MR) is 201 cm³/mol. The van der Waals surface area contributed by atoms with E-state index in [4.69, 9.17) is 0 Å². The summed E-state index contributed by atoms with van der Waals surface area (Å²) in [5.74, 6) is 1.06. The summed E-state index contributed by atoms with van der Waals surface area (Å²) in [6.45, 7) is 26.0. The van der Waals surface area contributed by atoms with Crippen LogP contribution in [0.3, 0.4) is 0 Å². The van der Waals surface area contributed by atoms with E-state index in [9.17, 15) is 9.59 Å². The smallest absolute Gasteiger partial charge is 0.194 e. The summed E-state index contributed by atoms with van der Waals surface area (Å²) in [4.78, 5) is 27.0. The van der Waals surface area contributed by atoms with Gasteiger partial charge in [-0.1, -0.05) is 71.9 Å². The number of aldehydes is 1. The molecule has 2 aromatic carbocycles. The average Bonchev–Trinajstić information content (AvgIpc) is 3.53. The second kappa shape index (κ2) is 11.7. The Morgan fingerprint density at radius 3 is 1.83 bits per heavy atom. The van der Waals surface area contributed by atoms with Crippen LogP contribution in [0.4, 0.5) is 0 Å². The molecule has 0 unspecified atom stereocenters. The maximum atomic E-state index is 14.7. The monoisotopic (exact) mass is 620 g/mol. The molecule has 240 valence electrons. The van der Waals surface area contributed by atoms with Crippen LogP contribution in [0.15, 0.2) is 42.5 Å². The number of ketones is 1. The summed E-state index contributed by atoms with van der Waals surface area (Å²) in [7, 11) is 0. The number of rotatable bonds is 6. The number of fused-ring (bicyclic) bond motifs is 3. The Balaban J connectivity index is 1.55. The van der Waals surface area contributed by atoms with Crippen molar-refractivity contribution >= 4 is 40.4 Å². The lowest BCUT2D eigenvalue weighted by Gasteiger charge is -2.19. The molecule has 0 saturated heterocycles. The first-order chi connectivity index (χ1) is 22.2. The Hall–Kier alpha value is -4.30. The van der Waals surface area contributed by atoms with Crippen molar-refractivity contribution in [2.75, 3.05) is 0 Å². The summed E-state index contributed by atoms with van der Waals surface area (Å²) >= 11 is 0. The Labute approximate surface area is 281 Å². The fourth-order valence-electron chi connectivity index (χ4n) is 8.09. The Kier molecular flexibility index (Phi) is 8.15. The zero-order valence-corrected chi connectivity index (χ0v) is 30.2. The third-order valence-corrected chi connectivity index (χ3v) is 10.8. The zero-order chi connectivity index (χ0) is 34.2. The second-order valence-corrected chi connectivity index (χ2v) is 14.9. The third-order valence-electron chi connectivity index (χ3n) is 10.8. The maximum Gasteiger partial charge on any atom is 0.194 e.